The smallest absolute Gasteiger partial charge is 0.0948 e. The van der Waals surface area contributed by atoms with Crippen molar-refractivity contribution in [1.29, 1.82) is 0 Å². The number of hydrogen-bond acceptors (Lipinski definition) is 2. The van der Waals surface area contributed by atoms with Gasteiger partial charge in [-0.2, -0.15) is 0 Å². The molecule has 1 heterocycles. The average molecular weight is 325 g/mol. The predicted molar refractivity (Wildman–Crippen MR) is 81.4 cm³/mol. The fourth-order valence-corrected chi connectivity index (χ4v) is 2.97. The number of aromatic nitrogens is 2. The molecule has 3 nitrogen and oxygen atoms in total. The predicted octanol–water partition coefficient (Wildman–Crippen LogP) is 3.05. The van der Waals surface area contributed by atoms with Crippen LogP contribution in [0.25, 0.3) is 0 Å². The first-order valence-corrected chi connectivity index (χ1v) is 7.57. The molecule has 0 aromatic carbocycles. The quantitative estimate of drug-likeness (QED) is 0.845. The van der Waals surface area contributed by atoms with Gasteiger partial charge in [0.1, 0.15) is 0 Å². The van der Waals surface area contributed by atoms with Gasteiger partial charge in [-0.05, 0) is 6.42 Å². The maximum absolute atomic E-state index is 9.20. The van der Waals surface area contributed by atoms with Crippen LogP contribution >= 0.6 is 15.9 Å². The van der Waals surface area contributed by atoms with E-state index in [-0.39, 0.29) is 12.0 Å². The Morgan fingerprint density at radius 1 is 1.37 bits per heavy atom. The molecule has 4 heteroatoms. The molecule has 104 valence electrons. The standard InChI is InChI=1S/C15H21BrN2O/c1-15(2,7-8-19)14-9-17-11-18(14)10-12-5-3-4-6-13(12)16/h3-6,9,11-13,19H,7-8,10H2,1-2H3. The Morgan fingerprint density at radius 2 is 2.11 bits per heavy atom. The molecule has 0 bridgehead atoms. The van der Waals surface area contributed by atoms with E-state index in [1.165, 1.54) is 5.69 Å². The van der Waals surface area contributed by atoms with Gasteiger partial charge in [-0.25, -0.2) is 4.98 Å². The summed E-state index contributed by atoms with van der Waals surface area (Å²) in [6.45, 7) is 5.41. The third-order valence-electron chi connectivity index (χ3n) is 3.72. The highest BCUT2D eigenvalue weighted by molar-refractivity contribution is 9.09. The number of allylic oxidation sites excluding steroid dienone is 4. The van der Waals surface area contributed by atoms with Gasteiger partial charge in [0, 0.05) is 41.2 Å². The van der Waals surface area contributed by atoms with E-state index in [0.717, 1.165) is 13.0 Å². The first-order chi connectivity index (χ1) is 9.04. The Bertz CT molecular complexity index is 476. The van der Waals surface area contributed by atoms with Crippen LogP contribution in [0, 0.1) is 5.92 Å². The summed E-state index contributed by atoms with van der Waals surface area (Å²) < 4.78 is 2.21. The zero-order valence-electron chi connectivity index (χ0n) is 11.5. The van der Waals surface area contributed by atoms with Gasteiger partial charge in [-0.15, -0.1) is 0 Å². The van der Waals surface area contributed by atoms with Crippen molar-refractivity contribution in [3.8, 4) is 0 Å². The summed E-state index contributed by atoms with van der Waals surface area (Å²) >= 11 is 3.69. The fraction of sp³-hybridized carbons (Fsp3) is 0.533. The molecular weight excluding hydrogens is 304 g/mol. The third kappa shape index (κ3) is 3.37. The molecule has 2 unspecified atom stereocenters. The van der Waals surface area contributed by atoms with Crippen LogP contribution in [0.4, 0.5) is 0 Å². The van der Waals surface area contributed by atoms with Crippen LogP contribution in [0.5, 0.6) is 0 Å². The van der Waals surface area contributed by atoms with Gasteiger partial charge in [0.2, 0.25) is 0 Å². The minimum atomic E-state index is -0.0543. The second kappa shape index (κ2) is 6.06. The van der Waals surface area contributed by atoms with E-state index in [1.54, 1.807) is 0 Å². The summed E-state index contributed by atoms with van der Waals surface area (Å²) in [7, 11) is 0. The summed E-state index contributed by atoms with van der Waals surface area (Å²) in [6.07, 6.45) is 13.1. The first kappa shape index (κ1) is 14.5. The van der Waals surface area contributed by atoms with Crippen molar-refractivity contribution < 1.29 is 5.11 Å². The molecule has 2 rings (SSSR count). The molecule has 0 radical (unpaired) electrons. The van der Waals surface area contributed by atoms with E-state index >= 15 is 0 Å². The molecule has 0 saturated heterocycles. The number of nitrogens with zero attached hydrogens (tertiary/aromatic N) is 2. The monoisotopic (exact) mass is 324 g/mol. The van der Waals surface area contributed by atoms with Crippen LogP contribution < -0.4 is 0 Å². The lowest BCUT2D eigenvalue weighted by Crippen LogP contribution is -2.26. The minimum absolute atomic E-state index is 0.0543. The van der Waals surface area contributed by atoms with E-state index in [4.69, 9.17) is 0 Å². The molecule has 0 amide bonds. The normalized spacial score (nSPS) is 22.9. The van der Waals surface area contributed by atoms with E-state index < -0.39 is 0 Å². The van der Waals surface area contributed by atoms with Crippen LogP contribution in [0.3, 0.4) is 0 Å². The van der Waals surface area contributed by atoms with Gasteiger partial charge in [-0.3, -0.25) is 0 Å². The van der Waals surface area contributed by atoms with E-state index in [2.05, 4.69) is 63.6 Å². The number of alkyl halides is 1. The molecule has 1 aliphatic rings. The summed E-state index contributed by atoms with van der Waals surface area (Å²) in [5.41, 5.74) is 1.13. The molecule has 0 spiro atoms. The molecule has 19 heavy (non-hydrogen) atoms. The Hall–Kier alpha value is -0.870. The molecule has 0 fully saturated rings. The van der Waals surface area contributed by atoms with Crippen LogP contribution in [-0.4, -0.2) is 26.1 Å². The molecule has 0 saturated carbocycles. The summed E-state index contributed by atoms with van der Waals surface area (Å²) in [6, 6.07) is 0. The van der Waals surface area contributed by atoms with Crippen molar-refractivity contribution in [3.63, 3.8) is 0 Å². The lowest BCUT2D eigenvalue weighted by Gasteiger charge is -2.27. The molecule has 1 aliphatic carbocycles. The summed E-state index contributed by atoms with van der Waals surface area (Å²) in [5.74, 6) is 0.433. The van der Waals surface area contributed by atoms with Crippen molar-refractivity contribution in [1.82, 2.24) is 9.55 Å². The number of aliphatic hydroxyl groups excluding tert-OH is 1. The van der Waals surface area contributed by atoms with Gasteiger partial charge < -0.3 is 9.67 Å². The second-order valence-electron chi connectivity index (χ2n) is 5.67. The van der Waals surface area contributed by atoms with Crippen molar-refractivity contribution >= 4 is 15.9 Å². The van der Waals surface area contributed by atoms with Gasteiger partial charge in [0.05, 0.1) is 6.33 Å². The topological polar surface area (TPSA) is 38.1 Å². The molecule has 1 N–H and O–H groups in total. The molecule has 2 atom stereocenters. The zero-order chi connectivity index (χ0) is 13.9. The largest absolute Gasteiger partial charge is 0.396 e. The van der Waals surface area contributed by atoms with Gasteiger partial charge >= 0.3 is 0 Å². The average Bonchev–Trinajstić information content (AvgIpc) is 2.81. The van der Waals surface area contributed by atoms with E-state index in [9.17, 15) is 5.11 Å². The molecule has 0 aliphatic heterocycles. The Morgan fingerprint density at radius 3 is 2.79 bits per heavy atom. The minimum Gasteiger partial charge on any atom is -0.396 e. The Balaban J connectivity index is 2.16. The van der Waals surface area contributed by atoms with Crippen molar-refractivity contribution in [2.24, 2.45) is 5.92 Å². The van der Waals surface area contributed by atoms with E-state index in [0.29, 0.717) is 10.7 Å². The molecular formula is C15H21BrN2O. The lowest BCUT2D eigenvalue weighted by atomic mass is 9.86. The Kier molecular flexibility index (Phi) is 4.63. The van der Waals surface area contributed by atoms with Crippen LogP contribution in [-0.2, 0) is 12.0 Å². The number of rotatable bonds is 5. The molecule has 1 aromatic heterocycles. The van der Waals surface area contributed by atoms with Gasteiger partial charge in [-0.1, -0.05) is 54.1 Å². The first-order valence-electron chi connectivity index (χ1n) is 6.65. The summed E-state index contributed by atoms with van der Waals surface area (Å²) in [4.78, 5) is 4.65. The summed E-state index contributed by atoms with van der Waals surface area (Å²) in [5, 5.41) is 9.20. The Labute approximate surface area is 123 Å². The van der Waals surface area contributed by atoms with Crippen molar-refractivity contribution in [2.75, 3.05) is 6.61 Å². The number of hydrogen-bond donors (Lipinski definition) is 1. The van der Waals surface area contributed by atoms with Crippen LogP contribution in [0.1, 0.15) is 26.0 Å². The van der Waals surface area contributed by atoms with Crippen LogP contribution in [0.2, 0.25) is 0 Å². The molecule has 1 aromatic rings. The van der Waals surface area contributed by atoms with Crippen molar-refractivity contribution in [3.05, 3.63) is 42.5 Å². The third-order valence-corrected chi connectivity index (χ3v) is 4.71. The SMILES string of the molecule is CC(C)(CCO)c1cncn1CC1C=CC=CC1Br. The second-order valence-corrected chi connectivity index (χ2v) is 6.72. The number of halogens is 1. The fourth-order valence-electron chi connectivity index (χ4n) is 2.45. The highest BCUT2D eigenvalue weighted by Crippen LogP contribution is 2.29. The maximum Gasteiger partial charge on any atom is 0.0948 e. The van der Waals surface area contributed by atoms with E-state index in [1.807, 2.05) is 12.5 Å². The highest BCUT2D eigenvalue weighted by atomic mass is 79.9. The van der Waals surface area contributed by atoms with Gasteiger partial charge in [0.25, 0.3) is 0 Å². The van der Waals surface area contributed by atoms with Crippen LogP contribution in [0.15, 0.2) is 36.8 Å². The van der Waals surface area contributed by atoms with Crippen molar-refractivity contribution in [2.45, 2.75) is 37.1 Å². The highest BCUT2D eigenvalue weighted by Gasteiger charge is 2.25. The lowest BCUT2D eigenvalue weighted by molar-refractivity contribution is 0.247. The number of imidazole rings is 1. The maximum atomic E-state index is 9.20. The number of aliphatic hydroxyl groups is 1. The zero-order valence-corrected chi connectivity index (χ0v) is 13.0. The van der Waals surface area contributed by atoms with Gasteiger partial charge in [0.15, 0.2) is 0 Å².